The van der Waals surface area contributed by atoms with E-state index in [2.05, 4.69) is 12.2 Å². The lowest BCUT2D eigenvalue weighted by Crippen LogP contribution is -2.55. The van der Waals surface area contributed by atoms with E-state index in [0.29, 0.717) is 6.61 Å². The molecule has 1 saturated heterocycles. The molecule has 0 saturated carbocycles. The van der Waals surface area contributed by atoms with Gasteiger partial charge in [0, 0.05) is 6.61 Å². The molecule has 1 rings (SSSR count). The van der Waals surface area contributed by atoms with Crippen molar-refractivity contribution in [1.82, 2.24) is 0 Å². The van der Waals surface area contributed by atoms with Crippen LogP contribution in [0.4, 0.5) is 0 Å². The summed E-state index contributed by atoms with van der Waals surface area (Å²) < 4.78 is 10.9. The van der Waals surface area contributed by atoms with E-state index in [-0.39, 0.29) is 13.2 Å². The summed E-state index contributed by atoms with van der Waals surface area (Å²) in [7, 11) is 0. The Labute approximate surface area is 127 Å². The van der Waals surface area contributed by atoms with Gasteiger partial charge >= 0.3 is 0 Å². The predicted molar refractivity (Wildman–Crippen MR) is 81.1 cm³/mol. The van der Waals surface area contributed by atoms with Gasteiger partial charge in [-0.2, -0.15) is 0 Å². The van der Waals surface area contributed by atoms with Gasteiger partial charge in [0.1, 0.15) is 24.4 Å². The van der Waals surface area contributed by atoms with Crippen molar-refractivity contribution in [2.45, 2.75) is 69.9 Å². The van der Waals surface area contributed by atoms with Gasteiger partial charge in [-0.25, -0.2) is 0 Å². The molecule has 1 aliphatic rings. The van der Waals surface area contributed by atoms with Gasteiger partial charge in [0.2, 0.25) is 0 Å². The molecule has 1 heterocycles. The zero-order valence-corrected chi connectivity index (χ0v) is 13.0. The van der Waals surface area contributed by atoms with Gasteiger partial charge < -0.3 is 24.8 Å². The van der Waals surface area contributed by atoms with Gasteiger partial charge in [-0.1, -0.05) is 31.4 Å². The minimum atomic E-state index is -0.989. The molecule has 1 fully saturated rings. The monoisotopic (exact) mass is 302 g/mol. The van der Waals surface area contributed by atoms with Crippen molar-refractivity contribution < 1.29 is 24.8 Å². The van der Waals surface area contributed by atoms with Crippen molar-refractivity contribution in [2.24, 2.45) is 0 Å². The molecule has 0 aromatic heterocycles. The fourth-order valence-electron chi connectivity index (χ4n) is 2.50. The van der Waals surface area contributed by atoms with Gasteiger partial charge in [-0.3, -0.25) is 0 Å². The highest BCUT2D eigenvalue weighted by Gasteiger charge is 2.39. The smallest absolute Gasteiger partial charge is 0.114 e. The fraction of sp³-hybridized carbons (Fsp3) is 0.875. The zero-order chi connectivity index (χ0) is 15.5. The molecule has 0 aromatic carbocycles. The van der Waals surface area contributed by atoms with E-state index in [9.17, 15) is 15.3 Å². The number of unbranched alkanes of at least 4 members (excludes halogenated alkanes) is 5. The van der Waals surface area contributed by atoms with Gasteiger partial charge in [-0.15, -0.1) is 0 Å². The lowest BCUT2D eigenvalue weighted by molar-refractivity contribution is -0.211. The first-order valence-corrected chi connectivity index (χ1v) is 8.02. The van der Waals surface area contributed by atoms with Crippen LogP contribution >= 0.6 is 0 Å². The Kier molecular flexibility index (Phi) is 9.87. The normalized spacial score (nSPS) is 30.1. The SMILES string of the molecule is C/C=C/CCCCCCCO[C@H]1[C@H](O)[C@@H](O)CO[C@@H]1CO. The van der Waals surface area contributed by atoms with Crippen LogP contribution in [0.15, 0.2) is 12.2 Å². The van der Waals surface area contributed by atoms with Crippen molar-refractivity contribution in [2.75, 3.05) is 19.8 Å². The largest absolute Gasteiger partial charge is 0.394 e. The van der Waals surface area contributed by atoms with Crippen LogP contribution in [0.1, 0.15) is 45.4 Å². The highest BCUT2D eigenvalue weighted by Crippen LogP contribution is 2.19. The van der Waals surface area contributed by atoms with Crippen molar-refractivity contribution in [3.05, 3.63) is 12.2 Å². The molecular weight excluding hydrogens is 272 g/mol. The molecule has 0 bridgehead atoms. The second kappa shape index (κ2) is 11.2. The number of aliphatic hydroxyl groups excluding tert-OH is 3. The van der Waals surface area contributed by atoms with E-state index in [1.165, 1.54) is 19.3 Å². The van der Waals surface area contributed by atoms with E-state index in [0.717, 1.165) is 19.3 Å². The lowest BCUT2D eigenvalue weighted by Gasteiger charge is -2.37. The van der Waals surface area contributed by atoms with Crippen molar-refractivity contribution in [3.8, 4) is 0 Å². The minimum absolute atomic E-state index is 0.0401. The van der Waals surface area contributed by atoms with E-state index in [1.807, 2.05) is 6.92 Å². The molecule has 5 nitrogen and oxygen atoms in total. The van der Waals surface area contributed by atoms with E-state index in [1.54, 1.807) is 0 Å². The number of rotatable bonds is 10. The summed E-state index contributed by atoms with van der Waals surface area (Å²) in [6.07, 6.45) is 7.92. The van der Waals surface area contributed by atoms with Crippen LogP contribution in [0, 0.1) is 0 Å². The lowest BCUT2D eigenvalue weighted by atomic mass is 10.0. The van der Waals surface area contributed by atoms with E-state index in [4.69, 9.17) is 9.47 Å². The summed E-state index contributed by atoms with van der Waals surface area (Å²) >= 11 is 0. The van der Waals surface area contributed by atoms with Crippen LogP contribution in [0.2, 0.25) is 0 Å². The predicted octanol–water partition coefficient (Wildman–Crippen LogP) is 1.40. The van der Waals surface area contributed by atoms with Gasteiger partial charge in [0.25, 0.3) is 0 Å². The Morgan fingerprint density at radius 2 is 1.86 bits per heavy atom. The van der Waals surface area contributed by atoms with Crippen LogP contribution in [0.3, 0.4) is 0 Å². The van der Waals surface area contributed by atoms with E-state index >= 15 is 0 Å². The summed E-state index contributed by atoms with van der Waals surface area (Å²) in [5, 5.41) is 28.7. The Hall–Kier alpha value is -0.460. The molecule has 21 heavy (non-hydrogen) atoms. The first-order valence-electron chi connectivity index (χ1n) is 8.02. The van der Waals surface area contributed by atoms with Crippen molar-refractivity contribution >= 4 is 0 Å². The third kappa shape index (κ3) is 6.89. The summed E-state index contributed by atoms with van der Waals surface area (Å²) in [6.45, 7) is 2.39. The molecule has 5 heteroatoms. The molecule has 0 aliphatic carbocycles. The molecular formula is C16H30O5. The van der Waals surface area contributed by atoms with Gasteiger partial charge in [-0.05, 0) is 26.2 Å². The van der Waals surface area contributed by atoms with Crippen LogP contribution < -0.4 is 0 Å². The second-order valence-corrected chi connectivity index (χ2v) is 5.57. The average molecular weight is 302 g/mol. The third-order valence-electron chi connectivity index (χ3n) is 3.82. The van der Waals surface area contributed by atoms with Crippen molar-refractivity contribution in [1.29, 1.82) is 0 Å². The molecule has 4 atom stereocenters. The van der Waals surface area contributed by atoms with Crippen LogP contribution in [0.25, 0.3) is 0 Å². The highest BCUT2D eigenvalue weighted by molar-refractivity contribution is 4.87. The summed E-state index contributed by atoms with van der Waals surface area (Å²) in [6, 6.07) is 0. The van der Waals surface area contributed by atoms with Crippen LogP contribution in [-0.4, -0.2) is 59.6 Å². The molecule has 0 aromatic rings. The molecule has 0 radical (unpaired) electrons. The number of hydrogen-bond acceptors (Lipinski definition) is 5. The fourth-order valence-corrected chi connectivity index (χ4v) is 2.50. The Morgan fingerprint density at radius 1 is 1.14 bits per heavy atom. The van der Waals surface area contributed by atoms with Crippen LogP contribution in [0.5, 0.6) is 0 Å². The molecule has 3 N–H and O–H groups in total. The van der Waals surface area contributed by atoms with Crippen molar-refractivity contribution in [3.63, 3.8) is 0 Å². The standard InChI is InChI=1S/C16H30O5/c1-2-3-4-5-6-7-8-9-10-20-16-14(11-17)21-12-13(18)15(16)19/h2-3,13-19H,4-12H2,1H3/b3-2+/t13-,14+,15+,16+/m0/s1. The molecule has 124 valence electrons. The number of hydrogen-bond donors (Lipinski definition) is 3. The number of ether oxygens (including phenoxy) is 2. The quantitative estimate of drug-likeness (QED) is 0.420. The zero-order valence-electron chi connectivity index (χ0n) is 13.0. The first kappa shape index (κ1) is 18.6. The Bertz CT molecular complexity index is 280. The van der Waals surface area contributed by atoms with Gasteiger partial charge in [0.15, 0.2) is 0 Å². The maximum atomic E-state index is 9.89. The Morgan fingerprint density at radius 3 is 2.57 bits per heavy atom. The third-order valence-corrected chi connectivity index (χ3v) is 3.82. The minimum Gasteiger partial charge on any atom is -0.394 e. The van der Waals surface area contributed by atoms with Gasteiger partial charge in [0.05, 0.1) is 13.2 Å². The molecule has 0 spiro atoms. The number of allylic oxidation sites excluding steroid dienone is 2. The van der Waals surface area contributed by atoms with Crippen LogP contribution in [-0.2, 0) is 9.47 Å². The number of aliphatic hydroxyl groups is 3. The summed E-state index contributed by atoms with van der Waals surface area (Å²) in [5.41, 5.74) is 0. The highest BCUT2D eigenvalue weighted by atomic mass is 16.6. The summed E-state index contributed by atoms with van der Waals surface area (Å²) in [4.78, 5) is 0. The first-order chi connectivity index (χ1) is 10.2. The maximum absolute atomic E-state index is 9.89. The average Bonchev–Trinajstić information content (AvgIpc) is 2.49. The second-order valence-electron chi connectivity index (χ2n) is 5.57. The molecule has 0 unspecified atom stereocenters. The molecule has 1 aliphatic heterocycles. The topological polar surface area (TPSA) is 79.2 Å². The Balaban J connectivity index is 2.09. The maximum Gasteiger partial charge on any atom is 0.114 e. The molecule has 0 amide bonds. The van der Waals surface area contributed by atoms with E-state index < -0.39 is 24.4 Å². The summed E-state index contributed by atoms with van der Waals surface area (Å²) in [5.74, 6) is 0.